The first-order valence-electron chi connectivity index (χ1n) is 8.49. The van der Waals surface area contributed by atoms with Crippen molar-refractivity contribution in [1.82, 2.24) is 9.47 Å². The predicted molar refractivity (Wildman–Crippen MR) is 117 cm³/mol. The Kier molecular flexibility index (Phi) is 4.73. The molecule has 0 atom stereocenters. The van der Waals surface area contributed by atoms with Crippen molar-refractivity contribution < 1.29 is 4.79 Å². The zero-order valence-electron chi connectivity index (χ0n) is 15.4. The summed E-state index contributed by atoms with van der Waals surface area (Å²) in [4.78, 5) is 19.3. The number of fused-ring (bicyclic) bond motifs is 1. The van der Waals surface area contributed by atoms with Gasteiger partial charge in [0.05, 0.1) is 5.57 Å². The number of carbonyl (C=O) groups excluding carboxylic acids is 1. The topological polar surface area (TPSA) is 61.5 Å². The quantitative estimate of drug-likeness (QED) is 0.633. The zero-order valence-corrected chi connectivity index (χ0v) is 17.7. The Bertz CT molecular complexity index is 1120. The maximum absolute atomic E-state index is 12.5. The van der Waals surface area contributed by atoms with E-state index < -0.39 is 5.91 Å². The summed E-state index contributed by atoms with van der Waals surface area (Å²) in [5.74, 6) is -0.266. The van der Waals surface area contributed by atoms with Crippen LogP contribution in [0.15, 0.2) is 45.9 Å². The van der Waals surface area contributed by atoms with E-state index in [0.717, 1.165) is 27.5 Å². The molecule has 2 aliphatic heterocycles. The third-order valence-corrected chi connectivity index (χ3v) is 5.90. The van der Waals surface area contributed by atoms with Gasteiger partial charge in [-0.3, -0.25) is 15.1 Å². The molecule has 28 heavy (non-hydrogen) atoms. The zero-order chi connectivity index (χ0) is 20.2. The van der Waals surface area contributed by atoms with Gasteiger partial charge >= 0.3 is 0 Å². The molecule has 0 saturated heterocycles. The summed E-state index contributed by atoms with van der Waals surface area (Å²) in [5, 5.41) is 10.1. The highest BCUT2D eigenvalue weighted by molar-refractivity contribution is 8.17. The second kappa shape index (κ2) is 6.95. The highest BCUT2D eigenvalue weighted by Gasteiger charge is 2.33. The van der Waals surface area contributed by atoms with Gasteiger partial charge in [0, 0.05) is 38.2 Å². The molecule has 2 aliphatic rings. The van der Waals surface area contributed by atoms with Gasteiger partial charge < -0.3 is 4.57 Å². The van der Waals surface area contributed by atoms with Crippen LogP contribution in [0.3, 0.4) is 0 Å². The number of hydrogen-bond acceptors (Lipinski definition) is 3. The smallest absolute Gasteiger partial charge is 0.283 e. The number of aromatic nitrogens is 1. The molecule has 1 aromatic heterocycles. The van der Waals surface area contributed by atoms with E-state index in [4.69, 9.17) is 28.6 Å². The van der Waals surface area contributed by atoms with Crippen molar-refractivity contribution in [3.8, 4) is 5.69 Å². The second-order valence-corrected chi connectivity index (χ2v) is 8.69. The van der Waals surface area contributed by atoms with Gasteiger partial charge in [0.15, 0.2) is 5.17 Å². The fourth-order valence-corrected chi connectivity index (χ4v) is 4.69. The average Bonchev–Trinajstić information content (AvgIpc) is 3.09. The third kappa shape index (κ3) is 3.21. The number of allylic oxidation sites excluding steroid dienone is 1. The van der Waals surface area contributed by atoms with Crippen LogP contribution in [0.2, 0.25) is 10.0 Å². The van der Waals surface area contributed by atoms with Gasteiger partial charge in [-0.2, -0.15) is 4.99 Å². The van der Waals surface area contributed by atoms with Crippen molar-refractivity contribution >= 4 is 58.0 Å². The lowest BCUT2D eigenvalue weighted by atomic mass is 10.1. The first kappa shape index (κ1) is 19.1. The first-order chi connectivity index (χ1) is 13.2. The van der Waals surface area contributed by atoms with E-state index in [0.29, 0.717) is 15.2 Å². The molecule has 0 saturated carbocycles. The van der Waals surface area contributed by atoms with Crippen molar-refractivity contribution in [1.29, 1.82) is 5.41 Å². The Morgan fingerprint density at radius 1 is 1.11 bits per heavy atom. The lowest BCUT2D eigenvalue weighted by Crippen LogP contribution is -2.35. The van der Waals surface area contributed by atoms with E-state index >= 15 is 0 Å². The maximum Gasteiger partial charge on any atom is 0.283 e. The number of hydrogen-bond donors (Lipinski definition) is 1. The van der Waals surface area contributed by atoms with E-state index in [9.17, 15) is 4.79 Å². The molecule has 142 valence electrons. The number of nitrogens with zero attached hydrogens (tertiary/aromatic N) is 3. The summed E-state index contributed by atoms with van der Waals surface area (Å²) in [6.45, 7) is 5.85. The minimum atomic E-state index is -0.401. The summed E-state index contributed by atoms with van der Waals surface area (Å²) in [6, 6.07) is 7.33. The van der Waals surface area contributed by atoms with Gasteiger partial charge in [-0.05, 0) is 56.7 Å². The van der Waals surface area contributed by atoms with Gasteiger partial charge in [0.2, 0.25) is 0 Å². The molecule has 0 spiro atoms. The predicted octanol–water partition coefficient (Wildman–Crippen LogP) is 5.57. The van der Waals surface area contributed by atoms with Crippen molar-refractivity contribution in [3.05, 3.63) is 67.9 Å². The van der Waals surface area contributed by atoms with Crippen LogP contribution in [0.25, 0.3) is 11.8 Å². The molecule has 3 heterocycles. The summed E-state index contributed by atoms with van der Waals surface area (Å²) in [6.07, 6.45) is 3.55. The molecule has 4 rings (SSSR count). The number of amidine groups is 2. The van der Waals surface area contributed by atoms with Crippen molar-refractivity contribution in [3.63, 3.8) is 0 Å². The van der Waals surface area contributed by atoms with E-state index in [2.05, 4.69) is 4.99 Å². The van der Waals surface area contributed by atoms with Gasteiger partial charge in [-0.25, -0.2) is 0 Å². The number of carbonyl (C=O) groups is 1. The number of nitrogens with one attached hydrogen (secondary N) is 1. The minimum absolute atomic E-state index is 0.134. The minimum Gasteiger partial charge on any atom is -0.318 e. The molecule has 5 nitrogen and oxygen atoms in total. The second-order valence-electron chi connectivity index (χ2n) is 6.61. The van der Waals surface area contributed by atoms with Crippen LogP contribution < -0.4 is 0 Å². The number of aryl methyl sites for hydroxylation is 1. The fraction of sp³-hybridized carbons (Fsp3) is 0.150. The molecule has 8 heteroatoms. The third-order valence-electron chi connectivity index (χ3n) is 4.57. The van der Waals surface area contributed by atoms with Crippen LogP contribution in [0, 0.1) is 19.3 Å². The molecule has 1 aromatic carbocycles. The SMILES string of the molecule is CC1=CN2C(=N)/C(=C/c3cc(C)n(-c4cc(Cl)cc(Cl)c4)c3C)C(=O)N=C2S1. The van der Waals surface area contributed by atoms with Crippen molar-refractivity contribution in [2.75, 3.05) is 0 Å². The molecule has 0 radical (unpaired) electrons. The first-order valence-corrected chi connectivity index (χ1v) is 10.1. The van der Waals surface area contributed by atoms with Crippen LogP contribution in [0.4, 0.5) is 0 Å². The molecule has 2 aromatic rings. The van der Waals surface area contributed by atoms with E-state index in [1.807, 2.05) is 49.7 Å². The molecule has 0 bridgehead atoms. The van der Waals surface area contributed by atoms with Crippen LogP contribution in [0.1, 0.15) is 23.9 Å². The largest absolute Gasteiger partial charge is 0.318 e. The number of rotatable bonds is 2. The molecule has 0 aliphatic carbocycles. The number of aliphatic imine (C=N–C) groups is 1. The molecule has 1 amide bonds. The Morgan fingerprint density at radius 3 is 2.46 bits per heavy atom. The lowest BCUT2D eigenvalue weighted by molar-refractivity contribution is -0.114. The standard InChI is InChI=1S/C20H16Cl2N4OS/c1-10-4-13(12(3)26(10)16-7-14(21)6-15(22)8-16)5-17-18(23)25-9-11(2)28-20(25)24-19(17)27/h4-9,23H,1-3H3/b17-5-,23-18?. The van der Waals surface area contributed by atoms with E-state index in [1.54, 1.807) is 17.0 Å². The Labute approximate surface area is 176 Å². The van der Waals surface area contributed by atoms with E-state index in [-0.39, 0.29) is 11.4 Å². The monoisotopic (exact) mass is 430 g/mol. The number of halogens is 2. The number of amides is 1. The van der Waals surface area contributed by atoms with Crippen LogP contribution in [-0.4, -0.2) is 26.4 Å². The van der Waals surface area contributed by atoms with Crippen LogP contribution in [-0.2, 0) is 4.79 Å². The normalized spacial score (nSPS) is 17.9. The van der Waals surface area contributed by atoms with E-state index in [1.165, 1.54) is 11.8 Å². The van der Waals surface area contributed by atoms with Crippen molar-refractivity contribution in [2.45, 2.75) is 20.8 Å². The highest BCUT2D eigenvalue weighted by atomic mass is 35.5. The van der Waals surface area contributed by atoms with Crippen LogP contribution >= 0.6 is 35.0 Å². The lowest BCUT2D eigenvalue weighted by Gasteiger charge is -2.22. The fourth-order valence-electron chi connectivity index (χ4n) is 3.36. The molecular weight excluding hydrogens is 415 g/mol. The Hall–Kier alpha value is -2.28. The maximum atomic E-state index is 12.5. The summed E-state index contributed by atoms with van der Waals surface area (Å²) in [5.41, 5.74) is 3.83. The summed E-state index contributed by atoms with van der Waals surface area (Å²) in [7, 11) is 0. The molecule has 0 fully saturated rings. The Balaban J connectivity index is 1.79. The van der Waals surface area contributed by atoms with Crippen LogP contribution in [0.5, 0.6) is 0 Å². The van der Waals surface area contributed by atoms with Gasteiger partial charge in [-0.1, -0.05) is 35.0 Å². The summed E-state index contributed by atoms with van der Waals surface area (Å²) < 4.78 is 2.02. The Morgan fingerprint density at radius 2 is 1.79 bits per heavy atom. The summed E-state index contributed by atoms with van der Waals surface area (Å²) >= 11 is 13.7. The molecule has 0 unspecified atom stereocenters. The number of benzene rings is 1. The van der Waals surface area contributed by atoms with Gasteiger partial charge in [0.25, 0.3) is 5.91 Å². The van der Waals surface area contributed by atoms with Crippen molar-refractivity contribution in [2.24, 2.45) is 4.99 Å². The average molecular weight is 431 g/mol. The van der Waals surface area contributed by atoms with Gasteiger partial charge in [-0.15, -0.1) is 0 Å². The van der Waals surface area contributed by atoms with Gasteiger partial charge in [0.1, 0.15) is 5.84 Å². The molecule has 1 N–H and O–H groups in total. The number of thioether (sulfide) groups is 1. The molecular formula is C20H16Cl2N4OS. The highest BCUT2D eigenvalue weighted by Crippen LogP contribution is 2.33.